The van der Waals surface area contributed by atoms with Crippen molar-refractivity contribution in [1.82, 2.24) is 5.43 Å². The molecule has 128 valence electrons. The minimum Gasteiger partial charge on any atom is -0.267 e. The third kappa shape index (κ3) is 3.78. The van der Waals surface area contributed by atoms with Crippen LogP contribution in [-0.2, 0) is 12.8 Å². The van der Waals surface area contributed by atoms with Gasteiger partial charge in [-0.2, -0.15) is 5.10 Å². The number of aryl methyl sites for hydroxylation is 1. The Morgan fingerprint density at radius 3 is 2.83 bits per heavy atom. The lowest BCUT2D eigenvalue weighted by molar-refractivity contribution is 0.0954. The van der Waals surface area contributed by atoms with Gasteiger partial charge in [-0.05, 0) is 55.2 Å². The van der Waals surface area contributed by atoms with Gasteiger partial charge in [-0.1, -0.05) is 20.8 Å². The third-order valence-corrected chi connectivity index (χ3v) is 6.73. The van der Waals surface area contributed by atoms with Gasteiger partial charge in [-0.3, -0.25) is 4.79 Å². The molecule has 1 aliphatic rings. The molecule has 1 aliphatic carbocycles. The van der Waals surface area contributed by atoms with Gasteiger partial charge in [0.25, 0.3) is 5.91 Å². The molecule has 0 bridgehead atoms. The van der Waals surface area contributed by atoms with Crippen molar-refractivity contribution >= 4 is 34.8 Å². The van der Waals surface area contributed by atoms with Crippen LogP contribution in [-0.4, -0.2) is 12.1 Å². The Bertz CT molecular complexity index is 765. The largest absolute Gasteiger partial charge is 0.272 e. The van der Waals surface area contributed by atoms with Crippen molar-refractivity contribution in [3.63, 3.8) is 0 Å². The van der Waals surface area contributed by atoms with Gasteiger partial charge in [0.15, 0.2) is 0 Å². The maximum Gasteiger partial charge on any atom is 0.272 e. The second kappa shape index (κ2) is 6.81. The molecule has 0 radical (unpaired) electrons. The van der Waals surface area contributed by atoms with Crippen LogP contribution in [0.5, 0.6) is 0 Å². The van der Waals surface area contributed by atoms with Gasteiger partial charge >= 0.3 is 0 Å². The highest BCUT2D eigenvalue weighted by Crippen LogP contribution is 2.40. The Balaban J connectivity index is 1.67. The number of fused-ring (bicyclic) bond motifs is 1. The Morgan fingerprint density at radius 1 is 1.38 bits per heavy atom. The summed E-state index contributed by atoms with van der Waals surface area (Å²) in [5, 5.41) is 6.10. The van der Waals surface area contributed by atoms with Crippen molar-refractivity contribution in [1.29, 1.82) is 0 Å². The fourth-order valence-corrected chi connectivity index (χ4v) is 5.09. The van der Waals surface area contributed by atoms with Crippen molar-refractivity contribution in [2.75, 3.05) is 0 Å². The lowest BCUT2D eigenvalue weighted by Crippen LogP contribution is -2.27. The van der Waals surface area contributed by atoms with E-state index in [0.29, 0.717) is 11.3 Å². The van der Waals surface area contributed by atoms with Gasteiger partial charge in [0, 0.05) is 20.0 Å². The first-order valence-electron chi connectivity index (χ1n) is 8.33. The Hall–Kier alpha value is -1.46. The first-order valence-corrected chi connectivity index (χ1v) is 10.0. The van der Waals surface area contributed by atoms with Gasteiger partial charge in [0.2, 0.25) is 0 Å². The summed E-state index contributed by atoms with van der Waals surface area (Å²) in [4.78, 5) is 16.1. The van der Waals surface area contributed by atoms with Crippen LogP contribution < -0.4 is 5.43 Å². The molecule has 0 saturated carbocycles. The molecular weight excluding hydrogens is 336 g/mol. The molecule has 3 nitrogen and oxygen atoms in total. The van der Waals surface area contributed by atoms with Crippen molar-refractivity contribution in [2.45, 2.75) is 47.0 Å². The zero-order chi connectivity index (χ0) is 17.3. The van der Waals surface area contributed by atoms with Crippen LogP contribution in [0.3, 0.4) is 0 Å². The molecule has 1 amide bonds. The second-order valence-electron chi connectivity index (χ2n) is 7.50. The molecule has 0 unspecified atom stereocenters. The summed E-state index contributed by atoms with van der Waals surface area (Å²) in [5.74, 6) is 0.603. The highest BCUT2D eigenvalue weighted by Gasteiger charge is 2.31. The number of thiophene rings is 2. The first kappa shape index (κ1) is 17.4. The molecule has 5 heteroatoms. The van der Waals surface area contributed by atoms with E-state index < -0.39 is 0 Å². The number of amides is 1. The maximum atomic E-state index is 12.4. The number of hydrogen-bond donors (Lipinski definition) is 1. The van der Waals surface area contributed by atoms with Gasteiger partial charge in [0.05, 0.1) is 11.8 Å². The van der Waals surface area contributed by atoms with E-state index in [4.69, 9.17) is 0 Å². The van der Waals surface area contributed by atoms with E-state index in [1.165, 1.54) is 15.3 Å². The van der Waals surface area contributed by atoms with Gasteiger partial charge < -0.3 is 0 Å². The molecule has 2 heterocycles. The number of nitrogens with zero attached hydrogens (tertiary/aromatic N) is 1. The summed E-state index contributed by atoms with van der Waals surface area (Å²) in [6.07, 6.45) is 4.96. The molecule has 0 fully saturated rings. The molecule has 2 aromatic heterocycles. The molecule has 1 N–H and O–H groups in total. The quantitative estimate of drug-likeness (QED) is 0.605. The molecule has 0 aliphatic heterocycles. The molecule has 3 rings (SSSR count). The number of rotatable bonds is 3. The SMILES string of the molecule is Cc1ccc(C=NNC(=O)c2csc3c2CC[C@H](C(C)(C)C)C3)s1. The third-order valence-electron chi connectivity index (χ3n) is 4.74. The fourth-order valence-electron chi connectivity index (χ4n) is 3.18. The monoisotopic (exact) mass is 360 g/mol. The normalized spacial score (nSPS) is 17.9. The van der Waals surface area contributed by atoms with Crippen molar-refractivity contribution in [3.8, 4) is 0 Å². The number of carbonyl (C=O) groups is 1. The number of hydrazone groups is 1. The van der Waals surface area contributed by atoms with Crippen LogP contribution in [0.2, 0.25) is 0 Å². The van der Waals surface area contributed by atoms with Crippen LogP contribution in [0.1, 0.15) is 57.7 Å². The van der Waals surface area contributed by atoms with Crippen LogP contribution >= 0.6 is 22.7 Å². The maximum absolute atomic E-state index is 12.4. The number of hydrogen-bond acceptors (Lipinski definition) is 4. The molecule has 0 aromatic carbocycles. The molecule has 0 spiro atoms. The summed E-state index contributed by atoms with van der Waals surface area (Å²) in [7, 11) is 0. The van der Waals surface area contributed by atoms with E-state index in [1.807, 2.05) is 11.4 Å². The summed E-state index contributed by atoms with van der Waals surface area (Å²) in [5.41, 5.74) is 5.05. The molecular formula is C19H24N2OS2. The Kier molecular flexibility index (Phi) is 4.92. The average molecular weight is 361 g/mol. The van der Waals surface area contributed by atoms with E-state index in [-0.39, 0.29) is 5.91 Å². The summed E-state index contributed by atoms with van der Waals surface area (Å²) in [6, 6.07) is 4.06. The van der Waals surface area contributed by atoms with E-state index in [1.54, 1.807) is 28.9 Å². The van der Waals surface area contributed by atoms with Gasteiger partial charge in [-0.25, -0.2) is 5.43 Å². The summed E-state index contributed by atoms with van der Waals surface area (Å²) in [6.45, 7) is 8.99. The second-order valence-corrected chi connectivity index (χ2v) is 9.79. The molecule has 0 saturated heterocycles. The van der Waals surface area contributed by atoms with E-state index in [0.717, 1.165) is 29.7 Å². The fraction of sp³-hybridized carbons (Fsp3) is 0.474. The van der Waals surface area contributed by atoms with Crippen molar-refractivity contribution < 1.29 is 4.79 Å². The Labute approximate surface area is 151 Å². The van der Waals surface area contributed by atoms with E-state index in [9.17, 15) is 4.79 Å². The minimum absolute atomic E-state index is 0.0914. The smallest absolute Gasteiger partial charge is 0.267 e. The van der Waals surface area contributed by atoms with Crippen LogP contribution in [0.4, 0.5) is 0 Å². The summed E-state index contributed by atoms with van der Waals surface area (Å²) >= 11 is 3.39. The average Bonchev–Trinajstić information content (AvgIpc) is 3.11. The number of carbonyl (C=O) groups excluding carboxylic acids is 1. The van der Waals surface area contributed by atoms with E-state index in [2.05, 4.69) is 44.3 Å². The lowest BCUT2D eigenvalue weighted by atomic mass is 9.72. The highest BCUT2D eigenvalue weighted by molar-refractivity contribution is 7.13. The standard InChI is InChI=1S/C19H24N2OS2/c1-12-5-7-14(24-12)10-20-21-18(22)16-11-23-17-9-13(19(2,3)4)6-8-15(16)17/h5,7,10-11,13H,6,8-9H2,1-4H3,(H,21,22)/t13-/m0/s1. The lowest BCUT2D eigenvalue weighted by Gasteiger charge is -2.33. The topological polar surface area (TPSA) is 41.5 Å². The number of nitrogens with one attached hydrogen (secondary N) is 1. The van der Waals surface area contributed by atoms with Crippen molar-refractivity contribution in [3.05, 3.63) is 43.3 Å². The zero-order valence-corrected chi connectivity index (χ0v) is 16.3. The predicted octanol–water partition coefficient (Wildman–Crippen LogP) is 5.03. The first-order chi connectivity index (χ1) is 11.3. The Morgan fingerprint density at radius 2 is 2.17 bits per heavy atom. The van der Waals surface area contributed by atoms with E-state index >= 15 is 0 Å². The van der Waals surface area contributed by atoms with Crippen LogP contribution in [0.15, 0.2) is 22.6 Å². The summed E-state index contributed by atoms with van der Waals surface area (Å²) < 4.78 is 0. The molecule has 24 heavy (non-hydrogen) atoms. The van der Waals surface area contributed by atoms with Gasteiger partial charge in [0.1, 0.15) is 0 Å². The van der Waals surface area contributed by atoms with Gasteiger partial charge in [-0.15, -0.1) is 22.7 Å². The molecule has 1 atom stereocenters. The van der Waals surface area contributed by atoms with Crippen LogP contribution in [0.25, 0.3) is 0 Å². The van der Waals surface area contributed by atoms with Crippen LogP contribution in [0, 0.1) is 18.3 Å². The zero-order valence-electron chi connectivity index (χ0n) is 14.7. The highest BCUT2D eigenvalue weighted by atomic mass is 32.1. The minimum atomic E-state index is -0.0914. The van der Waals surface area contributed by atoms with Crippen molar-refractivity contribution in [2.24, 2.45) is 16.4 Å². The molecule has 2 aromatic rings. The predicted molar refractivity (Wildman–Crippen MR) is 103 cm³/mol.